The van der Waals surface area contributed by atoms with Crippen LogP contribution in [0.4, 0.5) is 0 Å². The van der Waals surface area contributed by atoms with Crippen molar-refractivity contribution in [2.45, 2.75) is 32.6 Å². The third kappa shape index (κ3) is 9.68. The fourth-order valence-electron chi connectivity index (χ4n) is 0.787. The maximum atomic E-state index is 10.7. The van der Waals surface area contributed by atoms with Crippen LogP contribution in [-0.2, 0) is 9.53 Å². The van der Waals surface area contributed by atoms with Crippen molar-refractivity contribution in [1.29, 1.82) is 0 Å². The summed E-state index contributed by atoms with van der Waals surface area (Å²) < 4.78 is 5.85. The second-order valence-corrected chi connectivity index (χ2v) is 3.60. The number of hydrogen-bond donors (Lipinski definition) is 0. The molecule has 0 aromatic rings. The Labute approximate surface area is 93.6 Å². The summed E-state index contributed by atoms with van der Waals surface area (Å²) in [6.07, 6.45) is 4.31. The smallest absolute Gasteiger partial charge is 0.384 e. The van der Waals surface area contributed by atoms with Crippen molar-refractivity contribution in [3.63, 3.8) is 0 Å². The molecule has 0 atom stereocenters. The summed E-state index contributed by atoms with van der Waals surface area (Å²) >= 11 is 2.36. The summed E-state index contributed by atoms with van der Waals surface area (Å²) in [6.45, 7) is 2.18. The number of carbonyl (C=O) groups is 1. The molecule has 74 valence electrons. The summed E-state index contributed by atoms with van der Waals surface area (Å²) in [5, 5.41) is 0. The Morgan fingerprint density at radius 1 is 1.38 bits per heavy atom. The molecule has 0 bridgehead atoms. The highest BCUT2D eigenvalue weighted by atomic mass is 127. The van der Waals surface area contributed by atoms with Crippen molar-refractivity contribution in [2.75, 3.05) is 11.0 Å². The van der Waals surface area contributed by atoms with Gasteiger partial charge in [0.2, 0.25) is 0 Å². The molecule has 0 aliphatic heterocycles. The minimum atomic E-state index is -0.406. The summed E-state index contributed by atoms with van der Waals surface area (Å²) in [7, 11) is 0. The van der Waals surface area contributed by atoms with E-state index in [0.717, 1.165) is 12.8 Å². The van der Waals surface area contributed by atoms with E-state index >= 15 is 0 Å². The van der Waals surface area contributed by atoms with Gasteiger partial charge < -0.3 is 4.74 Å². The van der Waals surface area contributed by atoms with E-state index in [1.165, 1.54) is 17.3 Å². The lowest BCUT2D eigenvalue weighted by atomic mass is 10.2. The Hall–Kier alpha value is -0.240. The Kier molecular flexibility index (Phi) is 9.66. The molecule has 0 aromatic carbocycles. The van der Waals surface area contributed by atoms with Crippen LogP contribution < -0.4 is 0 Å². The van der Waals surface area contributed by atoms with E-state index in [1.807, 2.05) is 0 Å². The number of halogens is 1. The number of unbranched alkanes of at least 4 members (excludes halogenated alkanes) is 3. The molecule has 0 saturated heterocycles. The normalized spacial score (nSPS) is 8.77. The molecular formula is C10H15IO2. The van der Waals surface area contributed by atoms with E-state index in [4.69, 9.17) is 0 Å². The molecule has 0 unspecified atom stereocenters. The molecule has 0 fully saturated rings. The van der Waals surface area contributed by atoms with Crippen LogP contribution in [0.1, 0.15) is 32.6 Å². The van der Waals surface area contributed by atoms with Crippen molar-refractivity contribution < 1.29 is 9.53 Å². The first kappa shape index (κ1) is 12.8. The lowest BCUT2D eigenvalue weighted by Crippen LogP contribution is -1.99. The summed E-state index contributed by atoms with van der Waals surface area (Å²) in [5.41, 5.74) is 0. The first-order valence-electron chi connectivity index (χ1n) is 4.52. The van der Waals surface area contributed by atoms with Crippen molar-refractivity contribution in [3.8, 4) is 11.8 Å². The molecule has 0 saturated carbocycles. The van der Waals surface area contributed by atoms with Gasteiger partial charge in [-0.25, -0.2) is 4.79 Å². The zero-order valence-corrected chi connectivity index (χ0v) is 10.1. The van der Waals surface area contributed by atoms with Crippen molar-refractivity contribution >= 4 is 28.6 Å². The topological polar surface area (TPSA) is 26.3 Å². The van der Waals surface area contributed by atoms with E-state index in [1.54, 1.807) is 6.92 Å². The number of hydrogen-bond acceptors (Lipinski definition) is 2. The van der Waals surface area contributed by atoms with Gasteiger partial charge in [-0.1, -0.05) is 34.9 Å². The molecule has 0 N–H and O–H groups in total. The van der Waals surface area contributed by atoms with Crippen LogP contribution >= 0.6 is 22.6 Å². The van der Waals surface area contributed by atoms with Crippen molar-refractivity contribution in [3.05, 3.63) is 0 Å². The molecule has 0 amide bonds. The molecule has 0 aliphatic carbocycles. The van der Waals surface area contributed by atoms with Gasteiger partial charge in [-0.05, 0) is 24.2 Å². The molecule has 13 heavy (non-hydrogen) atoms. The Morgan fingerprint density at radius 2 is 2.15 bits per heavy atom. The maximum Gasteiger partial charge on any atom is 0.384 e. The highest BCUT2D eigenvalue weighted by Crippen LogP contribution is 2.00. The Bertz CT molecular complexity index is 191. The van der Waals surface area contributed by atoms with Gasteiger partial charge in [0.05, 0.1) is 6.61 Å². The number of ether oxygens (including phenoxy) is 1. The predicted octanol–water partition coefficient (Wildman–Crippen LogP) is 2.55. The third-order valence-corrected chi connectivity index (χ3v) is 2.16. The van der Waals surface area contributed by atoms with Gasteiger partial charge in [0, 0.05) is 12.3 Å². The van der Waals surface area contributed by atoms with Gasteiger partial charge >= 0.3 is 5.97 Å². The van der Waals surface area contributed by atoms with Gasteiger partial charge in [-0.3, -0.25) is 0 Å². The molecule has 0 rings (SSSR count). The van der Waals surface area contributed by atoms with E-state index in [2.05, 4.69) is 39.2 Å². The van der Waals surface area contributed by atoms with Gasteiger partial charge in [0.1, 0.15) is 0 Å². The molecule has 0 aromatic heterocycles. The highest BCUT2D eigenvalue weighted by molar-refractivity contribution is 14.1. The second-order valence-electron chi connectivity index (χ2n) is 2.52. The fraction of sp³-hybridized carbons (Fsp3) is 0.700. The molecule has 0 heterocycles. The van der Waals surface area contributed by atoms with Gasteiger partial charge in [0.15, 0.2) is 0 Å². The highest BCUT2D eigenvalue weighted by Gasteiger charge is 1.91. The first-order valence-corrected chi connectivity index (χ1v) is 6.05. The third-order valence-electron chi connectivity index (χ3n) is 1.40. The number of carbonyl (C=O) groups excluding carboxylic acids is 1. The quantitative estimate of drug-likeness (QED) is 0.194. The van der Waals surface area contributed by atoms with Crippen LogP contribution in [-0.4, -0.2) is 17.0 Å². The molecular weight excluding hydrogens is 279 g/mol. The SMILES string of the molecule is CCOC(=O)C#CCCCCCI. The van der Waals surface area contributed by atoms with Crippen LogP contribution in [0, 0.1) is 11.8 Å². The van der Waals surface area contributed by atoms with Crippen LogP contribution in [0.15, 0.2) is 0 Å². The van der Waals surface area contributed by atoms with E-state index in [0.29, 0.717) is 6.61 Å². The van der Waals surface area contributed by atoms with Gasteiger partial charge in [-0.15, -0.1) is 0 Å². The summed E-state index contributed by atoms with van der Waals surface area (Å²) in [6, 6.07) is 0. The molecule has 0 spiro atoms. The van der Waals surface area contributed by atoms with Crippen LogP contribution in [0.3, 0.4) is 0 Å². The van der Waals surface area contributed by atoms with E-state index in [-0.39, 0.29) is 0 Å². The number of esters is 1. The minimum absolute atomic E-state index is 0.405. The zero-order chi connectivity index (χ0) is 9.94. The van der Waals surface area contributed by atoms with Crippen molar-refractivity contribution in [2.24, 2.45) is 0 Å². The summed E-state index contributed by atoms with van der Waals surface area (Å²) in [4.78, 5) is 10.7. The molecule has 3 heteroatoms. The lowest BCUT2D eigenvalue weighted by Gasteiger charge is -1.92. The van der Waals surface area contributed by atoms with Crippen LogP contribution in [0.2, 0.25) is 0 Å². The summed E-state index contributed by atoms with van der Waals surface area (Å²) in [5.74, 6) is 4.84. The zero-order valence-electron chi connectivity index (χ0n) is 7.94. The largest absolute Gasteiger partial charge is 0.456 e. The van der Waals surface area contributed by atoms with E-state index < -0.39 is 5.97 Å². The molecule has 0 radical (unpaired) electrons. The van der Waals surface area contributed by atoms with Gasteiger partial charge in [-0.2, -0.15) is 0 Å². The van der Waals surface area contributed by atoms with Gasteiger partial charge in [0.25, 0.3) is 0 Å². The molecule has 0 aliphatic rings. The Balaban J connectivity index is 3.33. The average molecular weight is 294 g/mol. The Morgan fingerprint density at radius 3 is 2.77 bits per heavy atom. The number of alkyl halides is 1. The number of rotatable bonds is 5. The average Bonchev–Trinajstić information content (AvgIpc) is 2.11. The van der Waals surface area contributed by atoms with Crippen molar-refractivity contribution in [1.82, 2.24) is 0 Å². The molecule has 2 nitrogen and oxygen atoms in total. The van der Waals surface area contributed by atoms with Crippen LogP contribution in [0.25, 0.3) is 0 Å². The fourth-order valence-corrected chi connectivity index (χ4v) is 1.33. The minimum Gasteiger partial charge on any atom is -0.456 e. The predicted molar refractivity (Wildman–Crippen MR) is 61.8 cm³/mol. The lowest BCUT2D eigenvalue weighted by molar-refractivity contribution is -0.136. The first-order chi connectivity index (χ1) is 6.31. The monoisotopic (exact) mass is 294 g/mol. The maximum absolute atomic E-state index is 10.7. The standard InChI is InChI=1S/C10H15IO2/c1-2-13-10(12)8-6-4-3-5-7-9-11/h2-5,7,9H2,1H3. The van der Waals surface area contributed by atoms with E-state index in [9.17, 15) is 4.79 Å². The van der Waals surface area contributed by atoms with Crippen LogP contribution in [0.5, 0.6) is 0 Å². The second kappa shape index (κ2) is 9.85.